The van der Waals surface area contributed by atoms with Crippen LogP contribution in [0.25, 0.3) is 0 Å². The molecular weight excluding hydrogens is 220 g/mol. The van der Waals surface area contributed by atoms with Crippen molar-refractivity contribution in [3.8, 4) is 0 Å². The van der Waals surface area contributed by atoms with Gasteiger partial charge < -0.3 is 15.3 Å². The summed E-state index contributed by atoms with van der Waals surface area (Å²) in [4.78, 5) is 24.5. The summed E-state index contributed by atoms with van der Waals surface area (Å²) >= 11 is 0. The first kappa shape index (κ1) is 13.8. The molecule has 1 atom stereocenters. The first-order valence-electron chi connectivity index (χ1n) is 6.36. The van der Waals surface area contributed by atoms with E-state index in [1.165, 1.54) is 12.8 Å². The molecule has 1 fully saturated rings. The molecule has 98 valence electrons. The molecule has 0 radical (unpaired) electrons. The van der Waals surface area contributed by atoms with E-state index in [1.54, 1.807) is 11.8 Å². The van der Waals surface area contributed by atoms with Crippen molar-refractivity contribution in [2.75, 3.05) is 13.1 Å². The third-order valence-electron chi connectivity index (χ3n) is 2.96. The molecule has 1 aliphatic carbocycles. The molecule has 0 spiro atoms. The molecule has 0 aromatic rings. The summed E-state index contributed by atoms with van der Waals surface area (Å²) in [5, 5.41) is 11.5. The monoisotopic (exact) mass is 242 g/mol. The van der Waals surface area contributed by atoms with Crippen LogP contribution in [0.2, 0.25) is 0 Å². The lowest BCUT2D eigenvalue weighted by molar-refractivity contribution is -0.139. The van der Waals surface area contributed by atoms with Crippen molar-refractivity contribution in [1.82, 2.24) is 10.2 Å². The Labute approximate surface area is 102 Å². The van der Waals surface area contributed by atoms with E-state index in [2.05, 4.69) is 5.32 Å². The number of aliphatic carboxylic acids is 1. The normalized spacial score (nSPS) is 16.4. The number of carboxylic acids is 1. The smallest absolute Gasteiger partial charge is 0.326 e. The van der Waals surface area contributed by atoms with E-state index in [0.29, 0.717) is 18.9 Å². The van der Waals surface area contributed by atoms with E-state index in [0.717, 1.165) is 13.0 Å². The van der Waals surface area contributed by atoms with Gasteiger partial charge in [-0.05, 0) is 31.6 Å². The van der Waals surface area contributed by atoms with Gasteiger partial charge in [0, 0.05) is 13.1 Å². The second-order valence-corrected chi connectivity index (χ2v) is 4.64. The van der Waals surface area contributed by atoms with Gasteiger partial charge in [-0.2, -0.15) is 0 Å². The Kier molecular flexibility index (Phi) is 5.25. The van der Waals surface area contributed by atoms with Gasteiger partial charge in [0.25, 0.3) is 0 Å². The molecule has 5 nitrogen and oxygen atoms in total. The number of urea groups is 1. The standard InChI is InChI=1S/C12H22N2O3/c1-3-7-14(8-9-5-6-9)12(17)13-10(4-2)11(15)16/h9-10H,3-8H2,1-2H3,(H,13,17)(H,15,16)/t10-/m1/s1. The summed E-state index contributed by atoms with van der Waals surface area (Å²) in [6, 6.07) is -1.02. The maximum atomic E-state index is 11.9. The van der Waals surface area contributed by atoms with Gasteiger partial charge in [0.1, 0.15) is 6.04 Å². The number of rotatable bonds is 7. The molecule has 2 amide bonds. The third kappa shape index (κ3) is 4.63. The van der Waals surface area contributed by atoms with E-state index in [1.807, 2.05) is 6.92 Å². The number of carbonyl (C=O) groups excluding carboxylic acids is 1. The molecular formula is C12H22N2O3. The summed E-state index contributed by atoms with van der Waals surface area (Å²) in [6.07, 6.45) is 3.67. The average Bonchev–Trinajstić information content (AvgIpc) is 3.08. The van der Waals surface area contributed by atoms with Gasteiger partial charge in [-0.15, -0.1) is 0 Å². The Morgan fingerprint density at radius 1 is 1.41 bits per heavy atom. The van der Waals surface area contributed by atoms with Crippen LogP contribution < -0.4 is 5.32 Å². The lowest BCUT2D eigenvalue weighted by atomic mass is 10.2. The molecule has 2 N–H and O–H groups in total. The molecule has 0 heterocycles. The minimum atomic E-state index is -0.969. The predicted molar refractivity (Wildman–Crippen MR) is 64.8 cm³/mol. The summed E-state index contributed by atoms with van der Waals surface area (Å²) < 4.78 is 0. The van der Waals surface area contributed by atoms with E-state index in [-0.39, 0.29) is 6.03 Å². The van der Waals surface area contributed by atoms with Crippen LogP contribution in [0, 0.1) is 5.92 Å². The highest BCUT2D eigenvalue weighted by Crippen LogP contribution is 2.29. The van der Waals surface area contributed by atoms with Crippen LogP contribution in [0.1, 0.15) is 39.5 Å². The first-order valence-corrected chi connectivity index (χ1v) is 6.36. The van der Waals surface area contributed by atoms with Crippen LogP contribution in [-0.2, 0) is 4.79 Å². The van der Waals surface area contributed by atoms with Crippen molar-refractivity contribution in [1.29, 1.82) is 0 Å². The highest BCUT2D eigenvalue weighted by Gasteiger charge is 2.28. The molecule has 1 aliphatic rings. The van der Waals surface area contributed by atoms with E-state index in [4.69, 9.17) is 5.11 Å². The molecule has 0 unspecified atom stereocenters. The second-order valence-electron chi connectivity index (χ2n) is 4.64. The van der Waals surface area contributed by atoms with Crippen LogP contribution in [0.15, 0.2) is 0 Å². The molecule has 1 saturated carbocycles. The van der Waals surface area contributed by atoms with Crippen LogP contribution in [0.5, 0.6) is 0 Å². The van der Waals surface area contributed by atoms with E-state index >= 15 is 0 Å². The summed E-state index contributed by atoms with van der Waals surface area (Å²) in [7, 11) is 0. The maximum Gasteiger partial charge on any atom is 0.326 e. The van der Waals surface area contributed by atoms with Crippen molar-refractivity contribution in [2.24, 2.45) is 5.92 Å². The zero-order valence-electron chi connectivity index (χ0n) is 10.6. The van der Waals surface area contributed by atoms with Gasteiger partial charge in [0.05, 0.1) is 0 Å². The number of carboxylic acid groups (broad SMARTS) is 1. The Balaban J connectivity index is 2.47. The molecule has 17 heavy (non-hydrogen) atoms. The number of hydrogen-bond acceptors (Lipinski definition) is 2. The SMILES string of the molecule is CCCN(CC1CC1)C(=O)N[C@H](CC)C(=O)O. The Bertz CT molecular complexity index is 277. The summed E-state index contributed by atoms with van der Waals surface area (Å²) in [6.45, 7) is 5.22. The third-order valence-corrected chi connectivity index (χ3v) is 2.96. The van der Waals surface area contributed by atoms with Gasteiger partial charge >= 0.3 is 12.0 Å². The first-order chi connectivity index (χ1) is 8.08. The van der Waals surface area contributed by atoms with Crippen molar-refractivity contribution < 1.29 is 14.7 Å². The van der Waals surface area contributed by atoms with Crippen LogP contribution in [0.3, 0.4) is 0 Å². The molecule has 0 aromatic heterocycles. The fourth-order valence-corrected chi connectivity index (χ4v) is 1.74. The van der Waals surface area contributed by atoms with Gasteiger partial charge in [-0.25, -0.2) is 9.59 Å². The largest absolute Gasteiger partial charge is 0.480 e. The Morgan fingerprint density at radius 3 is 2.47 bits per heavy atom. The lowest BCUT2D eigenvalue weighted by Gasteiger charge is -2.24. The lowest BCUT2D eigenvalue weighted by Crippen LogP contribution is -2.48. The van der Waals surface area contributed by atoms with Gasteiger partial charge in [-0.1, -0.05) is 13.8 Å². The van der Waals surface area contributed by atoms with Gasteiger partial charge in [0.15, 0.2) is 0 Å². The topological polar surface area (TPSA) is 69.6 Å². The number of hydrogen-bond donors (Lipinski definition) is 2. The molecule has 0 aliphatic heterocycles. The number of nitrogens with zero attached hydrogens (tertiary/aromatic N) is 1. The Morgan fingerprint density at radius 2 is 2.06 bits per heavy atom. The molecule has 0 saturated heterocycles. The zero-order valence-corrected chi connectivity index (χ0v) is 10.6. The van der Waals surface area contributed by atoms with Crippen molar-refractivity contribution in [2.45, 2.75) is 45.6 Å². The van der Waals surface area contributed by atoms with Gasteiger partial charge in [0.2, 0.25) is 0 Å². The van der Waals surface area contributed by atoms with Crippen LogP contribution >= 0.6 is 0 Å². The fraction of sp³-hybridized carbons (Fsp3) is 0.833. The zero-order chi connectivity index (χ0) is 12.8. The quantitative estimate of drug-likeness (QED) is 0.713. The van der Waals surface area contributed by atoms with Crippen molar-refractivity contribution >= 4 is 12.0 Å². The predicted octanol–water partition coefficient (Wildman–Crippen LogP) is 1.68. The fourth-order valence-electron chi connectivity index (χ4n) is 1.74. The molecule has 0 aromatic carbocycles. The maximum absolute atomic E-state index is 11.9. The van der Waals surface area contributed by atoms with E-state index in [9.17, 15) is 9.59 Å². The summed E-state index contributed by atoms with van der Waals surface area (Å²) in [5.74, 6) is -0.346. The highest BCUT2D eigenvalue weighted by molar-refractivity contribution is 5.82. The number of carbonyl (C=O) groups is 2. The second kappa shape index (κ2) is 6.47. The van der Waals surface area contributed by atoms with E-state index < -0.39 is 12.0 Å². The number of nitrogens with one attached hydrogen (secondary N) is 1. The van der Waals surface area contributed by atoms with Crippen LogP contribution in [0.4, 0.5) is 4.79 Å². The molecule has 0 bridgehead atoms. The minimum Gasteiger partial charge on any atom is -0.480 e. The molecule has 1 rings (SSSR count). The van der Waals surface area contributed by atoms with Crippen LogP contribution in [-0.4, -0.2) is 41.1 Å². The molecule has 5 heteroatoms. The van der Waals surface area contributed by atoms with Gasteiger partial charge in [-0.3, -0.25) is 0 Å². The summed E-state index contributed by atoms with van der Waals surface area (Å²) in [5.41, 5.74) is 0. The van der Waals surface area contributed by atoms with Crippen molar-refractivity contribution in [3.63, 3.8) is 0 Å². The Hall–Kier alpha value is -1.26. The number of amides is 2. The average molecular weight is 242 g/mol. The minimum absolute atomic E-state index is 0.243. The highest BCUT2D eigenvalue weighted by atomic mass is 16.4. The van der Waals surface area contributed by atoms with Crippen molar-refractivity contribution in [3.05, 3.63) is 0 Å².